The van der Waals surface area contributed by atoms with Gasteiger partial charge in [0, 0.05) is 30.2 Å². The van der Waals surface area contributed by atoms with E-state index in [-0.39, 0.29) is 23.6 Å². The number of fused-ring (bicyclic) bond motifs is 2. The van der Waals surface area contributed by atoms with E-state index in [1.807, 2.05) is 0 Å². The lowest BCUT2D eigenvalue weighted by molar-refractivity contribution is -0.150. The molecule has 5 nitrogen and oxygen atoms in total. The summed E-state index contributed by atoms with van der Waals surface area (Å²) in [6.07, 6.45) is 1.000. The molecule has 0 unspecified atom stereocenters. The predicted molar refractivity (Wildman–Crippen MR) is 61.5 cm³/mol. The maximum atomic E-state index is 11.3. The Labute approximate surface area is 103 Å². The van der Waals surface area contributed by atoms with Crippen molar-refractivity contribution < 1.29 is 24.5 Å². The van der Waals surface area contributed by atoms with Crippen molar-refractivity contribution in [3.8, 4) is 17.2 Å². The van der Waals surface area contributed by atoms with E-state index in [4.69, 9.17) is 9.47 Å². The number of phenols is 2. The molecule has 0 aliphatic carbocycles. The van der Waals surface area contributed by atoms with Crippen molar-refractivity contribution >= 4 is 5.97 Å². The second kappa shape index (κ2) is 3.66. The van der Waals surface area contributed by atoms with Gasteiger partial charge >= 0.3 is 5.97 Å². The van der Waals surface area contributed by atoms with E-state index in [9.17, 15) is 15.0 Å². The van der Waals surface area contributed by atoms with Crippen LogP contribution in [0.3, 0.4) is 0 Å². The standard InChI is InChI=1S/C13H12O5/c1-6-2-12(16)17-11-5-8-9(15)3-7(14)4-10(8)18-13(6)11/h2-4,11,13-15H,5H2,1H3/t11-,13+/m0/s1. The van der Waals surface area contributed by atoms with E-state index >= 15 is 0 Å². The topological polar surface area (TPSA) is 76.0 Å². The third-order valence-electron chi connectivity index (χ3n) is 3.23. The molecule has 0 saturated carbocycles. The molecule has 2 aliphatic heterocycles. The van der Waals surface area contributed by atoms with Gasteiger partial charge in [-0.25, -0.2) is 4.79 Å². The monoisotopic (exact) mass is 248 g/mol. The van der Waals surface area contributed by atoms with E-state index in [1.165, 1.54) is 18.2 Å². The molecule has 0 saturated heterocycles. The minimum atomic E-state index is -0.426. The Balaban J connectivity index is 2.04. The summed E-state index contributed by atoms with van der Waals surface area (Å²) in [6, 6.07) is 2.70. The molecular weight excluding hydrogens is 236 g/mol. The van der Waals surface area contributed by atoms with Crippen LogP contribution in [0.15, 0.2) is 23.8 Å². The molecule has 0 aromatic heterocycles. The number of esters is 1. The molecule has 0 radical (unpaired) electrons. The van der Waals surface area contributed by atoms with Gasteiger partial charge in [-0.15, -0.1) is 0 Å². The fraction of sp³-hybridized carbons (Fsp3) is 0.308. The summed E-state index contributed by atoms with van der Waals surface area (Å²) in [5.41, 5.74) is 1.33. The summed E-state index contributed by atoms with van der Waals surface area (Å²) in [5, 5.41) is 19.2. The molecule has 0 amide bonds. The molecule has 0 bridgehead atoms. The van der Waals surface area contributed by atoms with Gasteiger partial charge in [-0.2, -0.15) is 0 Å². The molecule has 2 atom stereocenters. The molecule has 0 spiro atoms. The number of carbonyl (C=O) groups excluding carboxylic acids is 1. The second-order valence-corrected chi connectivity index (χ2v) is 4.55. The number of hydrogen-bond acceptors (Lipinski definition) is 5. The van der Waals surface area contributed by atoms with Gasteiger partial charge in [-0.3, -0.25) is 0 Å². The zero-order chi connectivity index (χ0) is 12.9. The van der Waals surface area contributed by atoms with Gasteiger partial charge in [-0.05, 0) is 12.5 Å². The van der Waals surface area contributed by atoms with Crippen molar-refractivity contribution in [3.05, 3.63) is 29.3 Å². The molecule has 5 heteroatoms. The first kappa shape index (κ1) is 11.0. The number of phenolic OH excluding ortho intramolecular Hbond substituents is 2. The van der Waals surface area contributed by atoms with Crippen LogP contribution in [0, 0.1) is 0 Å². The Morgan fingerprint density at radius 3 is 2.83 bits per heavy atom. The lowest BCUT2D eigenvalue weighted by Crippen LogP contribution is -2.44. The summed E-state index contributed by atoms with van der Waals surface area (Å²) in [6.45, 7) is 1.80. The van der Waals surface area contributed by atoms with Crippen LogP contribution in [0.1, 0.15) is 12.5 Å². The van der Waals surface area contributed by atoms with Crippen LogP contribution in [0.25, 0.3) is 0 Å². The minimum absolute atomic E-state index is 0.0493. The maximum absolute atomic E-state index is 11.3. The molecule has 2 aliphatic rings. The van der Waals surface area contributed by atoms with E-state index in [0.29, 0.717) is 17.7 Å². The van der Waals surface area contributed by atoms with E-state index in [2.05, 4.69) is 0 Å². The average Bonchev–Trinajstić information content (AvgIpc) is 2.27. The van der Waals surface area contributed by atoms with Crippen LogP contribution in [-0.2, 0) is 16.0 Å². The maximum Gasteiger partial charge on any atom is 0.331 e. The van der Waals surface area contributed by atoms with Crippen molar-refractivity contribution in [1.29, 1.82) is 0 Å². The Morgan fingerprint density at radius 1 is 1.28 bits per heavy atom. The Hall–Kier alpha value is -2.17. The van der Waals surface area contributed by atoms with Crippen LogP contribution in [-0.4, -0.2) is 28.4 Å². The zero-order valence-corrected chi connectivity index (χ0v) is 9.71. The minimum Gasteiger partial charge on any atom is -0.508 e. The number of ether oxygens (including phenoxy) is 2. The van der Waals surface area contributed by atoms with E-state index in [1.54, 1.807) is 6.92 Å². The third kappa shape index (κ3) is 1.59. The summed E-state index contributed by atoms with van der Waals surface area (Å²) in [5.74, 6) is -0.0654. The fourth-order valence-electron chi connectivity index (χ4n) is 2.39. The van der Waals surface area contributed by atoms with Crippen molar-refractivity contribution in [3.63, 3.8) is 0 Å². The second-order valence-electron chi connectivity index (χ2n) is 4.55. The van der Waals surface area contributed by atoms with Gasteiger partial charge in [0.2, 0.25) is 0 Å². The SMILES string of the molecule is CC1=CC(=O)O[C@H]2Cc3c(O)cc(O)cc3O[C@H]12. The quantitative estimate of drug-likeness (QED) is 0.676. The first-order valence-corrected chi connectivity index (χ1v) is 5.65. The van der Waals surface area contributed by atoms with Crippen molar-refractivity contribution in [2.75, 3.05) is 0 Å². The van der Waals surface area contributed by atoms with Gasteiger partial charge in [0.05, 0.1) is 0 Å². The first-order valence-electron chi connectivity index (χ1n) is 5.65. The highest BCUT2D eigenvalue weighted by atomic mass is 16.6. The summed E-state index contributed by atoms with van der Waals surface area (Å²) >= 11 is 0. The molecule has 94 valence electrons. The number of benzene rings is 1. The van der Waals surface area contributed by atoms with E-state index in [0.717, 1.165) is 5.57 Å². The van der Waals surface area contributed by atoms with Crippen molar-refractivity contribution in [2.45, 2.75) is 25.6 Å². The van der Waals surface area contributed by atoms with Gasteiger partial charge < -0.3 is 19.7 Å². The lowest BCUT2D eigenvalue weighted by atomic mass is 9.93. The number of rotatable bonds is 0. The van der Waals surface area contributed by atoms with Crippen molar-refractivity contribution in [1.82, 2.24) is 0 Å². The van der Waals surface area contributed by atoms with Crippen molar-refractivity contribution in [2.24, 2.45) is 0 Å². The highest BCUT2D eigenvalue weighted by molar-refractivity contribution is 5.84. The van der Waals surface area contributed by atoms with Gasteiger partial charge in [0.1, 0.15) is 23.4 Å². The first-order chi connectivity index (χ1) is 8.54. The van der Waals surface area contributed by atoms with Crippen LogP contribution in [0.4, 0.5) is 0 Å². The van der Waals surface area contributed by atoms with Crippen LogP contribution in [0.2, 0.25) is 0 Å². The van der Waals surface area contributed by atoms with Crippen LogP contribution < -0.4 is 4.74 Å². The number of aromatic hydroxyl groups is 2. The Morgan fingerprint density at radius 2 is 2.06 bits per heavy atom. The summed E-state index contributed by atoms with van der Waals surface area (Å²) < 4.78 is 10.9. The highest BCUT2D eigenvalue weighted by Crippen LogP contribution is 2.40. The smallest absolute Gasteiger partial charge is 0.331 e. The van der Waals surface area contributed by atoms with Crippen LogP contribution >= 0.6 is 0 Å². The molecule has 0 fully saturated rings. The third-order valence-corrected chi connectivity index (χ3v) is 3.23. The van der Waals surface area contributed by atoms with Crippen LogP contribution in [0.5, 0.6) is 17.2 Å². The molecule has 3 rings (SSSR count). The van der Waals surface area contributed by atoms with Gasteiger partial charge in [-0.1, -0.05) is 0 Å². The Bertz CT molecular complexity index is 561. The van der Waals surface area contributed by atoms with Gasteiger partial charge in [0.15, 0.2) is 6.10 Å². The summed E-state index contributed by atoms with van der Waals surface area (Å²) in [4.78, 5) is 11.3. The highest BCUT2D eigenvalue weighted by Gasteiger charge is 2.38. The average molecular weight is 248 g/mol. The molecule has 2 N–H and O–H groups in total. The fourth-order valence-corrected chi connectivity index (χ4v) is 2.39. The largest absolute Gasteiger partial charge is 0.508 e. The lowest BCUT2D eigenvalue weighted by Gasteiger charge is -2.36. The molecule has 1 aromatic carbocycles. The normalized spacial score (nSPS) is 25.4. The predicted octanol–water partition coefficient (Wildman–Crippen LogP) is 1.27. The molecular formula is C13H12O5. The number of hydrogen-bond donors (Lipinski definition) is 2. The van der Waals surface area contributed by atoms with Gasteiger partial charge in [0.25, 0.3) is 0 Å². The summed E-state index contributed by atoms with van der Waals surface area (Å²) in [7, 11) is 0. The molecule has 2 heterocycles. The molecule has 1 aromatic rings. The molecule has 18 heavy (non-hydrogen) atoms. The number of carbonyl (C=O) groups is 1. The van der Waals surface area contributed by atoms with E-state index < -0.39 is 6.10 Å². The zero-order valence-electron chi connectivity index (χ0n) is 9.71. The Kier molecular flexibility index (Phi) is 2.23.